The molecule has 140 valence electrons. The molecule has 27 heavy (non-hydrogen) atoms. The average molecular weight is 388 g/mol. The molecule has 2 heterocycles. The van der Waals surface area contributed by atoms with Crippen LogP contribution in [0.1, 0.15) is 13.3 Å². The molecule has 2 atom stereocenters. The molecule has 0 aromatic heterocycles. The van der Waals surface area contributed by atoms with Gasteiger partial charge in [0, 0.05) is 18.3 Å². The van der Waals surface area contributed by atoms with Gasteiger partial charge < -0.3 is 10.4 Å². The quantitative estimate of drug-likeness (QED) is 0.367. The fourth-order valence-corrected chi connectivity index (χ4v) is 5.03. The average Bonchev–Trinajstić information content (AvgIpc) is 2.96. The van der Waals surface area contributed by atoms with Crippen LogP contribution in [-0.2, 0) is 19.4 Å². The van der Waals surface area contributed by atoms with E-state index in [-0.39, 0.29) is 45.3 Å². The molecule has 0 bridgehead atoms. The Morgan fingerprint density at radius 3 is 2.48 bits per heavy atom. The minimum atomic E-state index is -3.29. The summed E-state index contributed by atoms with van der Waals surface area (Å²) in [5.41, 5.74) is 0.857. The number of amides is 2. The summed E-state index contributed by atoms with van der Waals surface area (Å²) in [5.74, 6) is -1.46. The number of quaternary nitrogens is 1. The molecular weight excluding hydrogens is 370 g/mol. The molecule has 2 aliphatic rings. The van der Waals surface area contributed by atoms with E-state index in [1.54, 1.807) is 12.1 Å². The highest BCUT2D eigenvalue weighted by molar-refractivity contribution is 7.91. The van der Waals surface area contributed by atoms with Crippen molar-refractivity contribution in [3.63, 3.8) is 0 Å². The topological polar surface area (TPSA) is 129 Å². The van der Waals surface area contributed by atoms with Crippen LogP contribution in [0.5, 0.6) is 5.75 Å². The maximum Gasteiger partial charge on any atom is 0.363 e. The first-order valence-corrected chi connectivity index (χ1v) is 10.1. The van der Waals surface area contributed by atoms with E-state index < -0.39 is 27.7 Å². The Morgan fingerprint density at radius 1 is 1.26 bits per heavy atom. The number of rotatable bonds is 3. The van der Waals surface area contributed by atoms with E-state index in [4.69, 9.17) is 0 Å². The van der Waals surface area contributed by atoms with Crippen molar-refractivity contribution >= 4 is 27.3 Å². The number of sulfone groups is 1. The highest BCUT2D eigenvalue weighted by Gasteiger charge is 2.48. The van der Waals surface area contributed by atoms with Crippen LogP contribution < -0.4 is 10.2 Å². The van der Waals surface area contributed by atoms with Crippen molar-refractivity contribution in [2.45, 2.75) is 19.4 Å². The molecule has 9 heteroatoms. The van der Waals surface area contributed by atoms with Crippen molar-refractivity contribution in [3.8, 4) is 11.8 Å². The summed E-state index contributed by atoms with van der Waals surface area (Å²) >= 11 is 0. The third-order valence-corrected chi connectivity index (χ3v) is 6.51. The number of aromatic hydroxyl groups is 1. The number of phenolic OH excluding ortho intramolecular Hbond substituents is 1. The van der Waals surface area contributed by atoms with Crippen molar-refractivity contribution in [3.05, 3.63) is 47.2 Å². The molecule has 1 aromatic rings. The lowest BCUT2D eigenvalue weighted by atomic mass is 9.94. The number of carbonyl (C=O) groups excluding carboxylic acids is 2. The van der Waals surface area contributed by atoms with Gasteiger partial charge in [0.25, 0.3) is 0 Å². The van der Waals surface area contributed by atoms with E-state index in [1.165, 1.54) is 25.3 Å². The van der Waals surface area contributed by atoms with Crippen LogP contribution in [0.4, 0.5) is 5.69 Å². The van der Waals surface area contributed by atoms with Gasteiger partial charge in [-0.2, -0.15) is 10.2 Å². The summed E-state index contributed by atoms with van der Waals surface area (Å²) in [6.07, 6.45) is 1.60. The SMILES string of the molecule is CC1=C(C#N)C(=O)[NH+]([C@@H]2CCS(=O)(=O)C2)C(=O)/C1=C\Nc1ccc(O)cc1. The Hall–Kier alpha value is -2.96. The Labute approximate surface area is 156 Å². The first kappa shape index (κ1) is 18.8. The number of nitrogens with zero attached hydrogens (tertiary/aromatic N) is 1. The van der Waals surface area contributed by atoms with Gasteiger partial charge in [0.15, 0.2) is 15.4 Å². The smallest absolute Gasteiger partial charge is 0.363 e. The van der Waals surface area contributed by atoms with Crippen LogP contribution in [0.2, 0.25) is 0 Å². The van der Waals surface area contributed by atoms with Crippen molar-refractivity contribution < 1.29 is 28.0 Å². The van der Waals surface area contributed by atoms with Crippen molar-refractivity contribution in [1.82, 2.24) is 0 Å². The zero-order chi connectivity index (χ0) is 19.8. The van der Waals surface area contributed by atoms with E-state index >= 15 is 0 Å². The van der Waals surface area contributed by atoms with Crippen LogP contribution in [0.3, 0.4) is 0 Å². The molecular formula is C18H18N3O5S+. The number of imide groups is 1. The number of carbonyl (C=O) groups is 2. The Bertz CT molecular complexity index is 1020. The second-order valence-corrected chi connectivity index (χ2v) is 8.76. The molecule has 3 N–H and O–H groups in total. The van der Waals surface area contributed by atoms with Gasteiger partial charge in [0.05, 0.1) is 5.75 Å². The molecule has 1 fully saturated rings. The first-order valence-electron chi connectivity index (χ1n) is 8.27. The third-order valence-electron chi connectivity index (χ3n) is 4.74. The van der Waals surface area contributed by atoms with Crippen LogP contribution >= 0.6 is 0 Å². The number of anilines is 1. The fraction of sp³-hybridized carbons (Fsp3) is 0.278. The molecule has 1 saturated heterocycles. The number of nitrogens with one attached hydrogen (secondary N) is 2. The van der Waals surface area contributed by atoms with E-state index in [2.05, 4.69) is 5.32 Å². The number of benzene rings is 1. The molecule has 2 aliphatic heterocycles. The van der Waals surface area contributed by atoms with Gasteiger partial charge in [-0.1, -0.05) is 0 Å². The minimum Gasteiger partial charge on any atom is -0.508 e. The highest BCUT2D eigenvalue weighted by Crippen LogP contribution is 2.21. The lowest BCUT2D eigenvalue weighted by Gasteiger charge is -2.25. The summed E-state index contributed by atoms with van der Waals surface area (Å²) in [6.45, 7) is 1.51. The number of nitriles is 1. The van der Waals surface area contributed by atoms with Gasteiger partial charge in [-0.3, -0.25) is 0 Å². The molecule has 1 aromatic carbocycles. The first-order chi connectivity index (χ1) is 12.7. The summed E-state index contributed by atoms with van der Waals surface area (Å²) in [7, 11) is -3.29. The van der Waals surface area contributed by atoms with Crippen LogP contribution in [0, 0.1) is 11.3 Å². The van der Waals surface area contributed by atoms with Gasteiger partial charge in [0.2, 0.25) is 0 Å². The highest BCUT2D eigenvalue weighted by atomic mass is 32.2. The molecule has 8 nitrogen and oxygen atoms in total. The van der Waals surface area contributed by atoms with Crippen LogP contribution in [-0.4, -0.2) is 42.9 Å². The van der Waals surface area contributed by atoms with E-state index in [1.807, 2.05) is 6.07 Å². The second kappa shape index (κ2) is 6.98. The second-order valence-electron chi connectivity index (χ2n) is 6.53. The predicted octanol–water partition coefficient (Wildman–Crippen LogP) is -0.333. The minimum absolute atomic E-state index is 0.0723. The molecule has 2 amide bonds. The van der Waals surface area contributed by atoms with Crippen LogP contribution in [0.15, 0.2) is 47.2 Å². The van der Waals surface area contributed by atoms with Crippen molar-refractivity contribution in [2.24, 2.45) is 0 Å². The molecule has 0 spiro atoms. The zero-order valence-electron chi connectivity index (χ0n) is 14.5. The Morgan fingerprint density at radius 2 is 1.93 bits per heavy atom. The monoisotopic (exact) mass is 388 g/mol. The molecule has 0 aliphatic carbocycles. The van der Waals surface area contributed by atoms with E-state index in [9.17, 15) is 28.4 Å². The number of hydrogen-bond donors (Lipinski definition) is 3. The standard InChI is InChI=1S/C18H17N3O5S/c1-11-15(8-19)17(23)21(13-6-7-27(25,26)10-13)18(24)16(11)9-20-12-2-4-14(22)5-3-12/h2-5,9,13,20,22H,6-7,10H2,1H3/p+1/b16-9-/t13-/m1/s1. The zero-order valence-corrected chi connectivity index (χ0v) is 15.3. The lowest BCUT2D eigenvalue weighted by molar-refractivity contribution is -0.761. The Kier molecular flexibility index (Phi) is 4.87. The molecule has 3 rings (SSSR count). The Balaban J connectivity index is 1.97. The van der Waals surface area contributed by atoms with Gasteiger partial charge in [0.1, 0.15) is 29.2 Å². The summed E-state index contributed by atoms with van der Waals surface area (Å²) in [5, 5.41) is 21.6. The molecule has 1 unspecified atom stereocenters. The molecule has 0 radical (unpaired) electrons. The summed E-state index contributed by atoms with van der Waals surface area (Å²) in [6, 6.07) is 7.29. The van der Waals surface area contributed by atoms with E-state index in [0.29, 0.717) is 5.69 Å². The van der Waals surface area contributed by atoms with Gasteiger partial charge in [-0.15, -0.1) is 0 Å². The van der Waals surface area contributed by atoms with E-state index in [0.717, 1.165) is 0 Å². The van der Waals surface area contributed by atoms with Crippen LogP contribution in [0.25, 0.3) is 0 Å². The molecule has 0 saturated carbocycles. The van der Waals surface area contributed by atoms with Crippen molar-refractivity contribution in [1.29, 1.82) is 5.26 Å². The summed E-state index contributed by atoms with van der Waals surface area (Å²) in [4.78, 5) is 25.4. The van der Waals surface area contributed by atoms with Crippen molar-refractivity contribution in [2.75, 3.05) is 16.8 Å². The van der Waals surface area contributed by atoms with Gasteiger partial charge in [-0.25, -0.2) is 18.0 Å². The largest absolute Gasteiger partial charge is 0.508 e. The van der Waals surface area contributed by atoms with Gasteiger partial charge >= 0.3 is 11.8 Å². The number of hydrogen-bond acceptors (Lipinski definition) is 7. The van der Waals surface area contributed by atoms with Gasteiger partial charge in [-0.05, 0) is 36.8 Å². The lowest BCUT2D eigenvalue weighted by Crippen LogP contribution is -3.21. The maximum absolute atomic E-state index is 12.9. The number of phenols is 1. The predicted molar refractivity (Wildman–Crippen MR) is 96.2 cm³/mol. The maximum atomic E-state index is 12.9. The fourth-order valence-electron chi connectivity index (χ4n) is 3.27. The third kappa shape index (κ3) is 3.63. The summed E-state index contributed by atoms with van der Waals surface area (Å²) < 4.78 is 23.5. The normalized spacial score (nSPS) is 26.3.